The summed E-state index contributed by atoms with van der Waals surface area (Å²) < 4.78 is 14.9. The van der Waals surface area contributed by atoms with Crippen LogP contribution in [0.25, 0.3) is 27.8 Å². The normalized spacial score (nSPS) is 11.7. The smallest absolute Gasteiger partial charge is 0.273 e. The maximum absolute atomic E-state index is 6.42. The van der Waals surface area contributed by atoms with Gasteiger partial charge in [-0.1, -0.05) is 182 Å². The highest BCUT2D eigenvalue weighted by atomic mass is 16.5. The van der Waals surface area contributed by atoms with Gasteiger partial charge < -0.3 is 9.47 Å². The first-order valence-electron chi connectivity index (χ1n) is 23.4. The second kappa shape index (κ2) is 18.5. The lowest BCUT2D eigenvalue weighted by molar-refractivity contribution is 0.461. The molecule has 0 N–H and O–H groups in total. The Balaban J connectivity index is 1.13. The van der Waals surface area contributed by atoms with Crippen LogP contribution in [0, 0.1) is 0 Å². The molecule has 0 saturated carbocycles. The van der Waals surface area contributed by atoms with Crippen LogP contribution in [0.15, 0.2) is 261 Å². The van der Waals surface area contributed by atoms with Crippen molar-refractivity contribution < 1.29 is 9.47 Å². The van der Waals surface area contributed by atoms with Crippen LogP contribution in [-0.2, 0) is 10.8 Å². The highest BCUT2D eigenvalue weighted by Gasteiger charge is 2.41. The highest BCUT2D eigenvalue weighted by Crippen LogP contribution is 2.50. The fourth-order valence-electron chi connectivity index (χ4n) is 10.4. The van der Waals surface area contributed by atoms with Crippen LogP contribution >= 0.6 is 0 Å². The molecule has 4 heterocycles. The number of nitrogens with zero attached hydrogens (tertiary/aromatic N) is 7. The van der Waals surface area contributed by atoms with Crippen molar-refractivity contribution in [2.45, 2.75) is 10.8 Å². The van der Waals surface area contributed by atoms with E-state index in [4.69, 9.17) is 9.47 Å². The molecule has 0 fully saturated rings. The number of ether oxygens (including phenoxy) is 2. The summed E-state index contributed by atoms with van der Waals surface area (Å²) in [7, 11) is 0. The van der Waals surface area contributed by atoms with Gasteiger partial charge >= 0.3 is 0 Å². The summed E-state index contributed by atoms with van der Waals surface area (Å²) in [4.78, 5) is 8.94. The Morgan fingerprint density at radius 2 is 0.690 bits per heavy atom. The van der Waals surface area contributed by atoms with Gasteiger partial charge in [0.05, 0.1) is 21.9 Å². The van der Waals surface area contributed by atoms with Gasteiger partial charge in [-0.25, -0.2) is 9.97 Å². The van der Waals surface area contributed by atoms with Gasteiger partial charge in [0.1, 0.15) is 11.5 Å². The molecule has 8 aromatic carbocycles. The zero-order valence-corrected chi connectivity index (χ0v) is 38.3. The van der Waals surface area contributed by atoms with Gasteiger partial charge in [0.15, 0.2) is 6.33 Å². The van der Waals surface area contributed by atoms with E-state index in [0.29, 0.717) is 29.2 Å². The molecule has 338 valence electrons. The van der Waals surface area contributed by atoms with E-state index in [1.54, 1.807) is 12.4 Å². The molecule has 0 bridgehead atoms. The molecule has 9 nitrogen and oxygen atoms in total. The molecule has 9 heteroatoms. The summed E-state index contributed by atoms with van der Waals surface area (Å²) in [6.07, 6.45) is 4.83. The molecular formula is C62H43N7O2. The number of benzene rings is 8. The molecule has 0 aliphatic rings. The minimum atomic E-state index is -0.835. The third-order valence-corrected chi connectivity index (χ3v) is 13.3. The van der Waals surface area contributed by atoms with Crippen LogP contribution in [0.3, 0.4) is 0 Å². The Kier molecular flexibility index (Phi) is 11.1. The third-order valence-electron chi connectivity index (χ3n) is 13.3. The van der Waals surface area contributed by atoms with E-state index in [-0.39, 0.29) is 0 Å². The quantitative estimate of drug-likeness (QED) is 0.105. The van der Waals surface area contributed by atoms with Gasteiger partial charge in [-0.3, -0.25) is 4.57 Å². The van der Waals surface area contributed by atoms with Gasteiger partial charge in [-0.15, -0.1) is 20.4 Å². The van der Waals surface area contributed by atoms with E-state index in [9.17, 15) is 0 Å². The number of aromatic nitrogens is 7. The van der Waals surface area contributed by atoms with Gasteiger partial charge in [-0.05, 0) is 93.0 Å². The van der Waals surface area contributed by atoms with Crippen LogP contribution in [0.1, 0.15) is 44.5 Å². The molecule has 0 saturated heterocycles. The van der Waals surface area contributed by atoms with Crippen LogP contribution < -0.4 is 9.47 Å². The summed E-state index contributed by atoms with van der Waals surface area (Å²) >= 11 is 0. The molecule has 0 aliphatic heterocycles. The molecule has 4 aromatic heterocycles. The fraction of sp³-hybridized carbons (Fsp3) is 0.0323. The predicted molar refractivity (Wildman–Crippen MR) is 277 cm³/mol. The Bertz CT molecular complexity index is 3440. The van der Waals surface area contributed by atoms with Crippen molar-refractivity contribution in [2.75, 3.05) is 0 Å². The van der Waals surface area contributed by atoms with Gasteiger partial charge in [0.25, 0.3) is 5.95 Å². The standard InChI is InChI=1S/C62H43N7O2/c1-5-19-44(20-6-1)61(45-21-7-2-8-22-45,48-27-17-29-52(39-48)70-58-31-13-15-37-63-58)50-33-35-54-55-36-34-51(42-57(55)69(56(54)41-50)60-67-65-43-66-68-60)62(46-23-9-3-10-24-46,47-25-11-4-12-26-47)49-28-18-30-53(40-49)71-59-32-14-16-38-64-59/h1-43H. The van der Waals surface area contributed by atoms with Crippen LogP contribution in [0.2, 0.25) is 0 Å². The number of fused-ring (bicyclic) bond motifs is 3. The van der Waals surface area contributed by atoms with Crippen molar-refractivity contribution in [1.29, 1.82) is 0 Å². The fourth-order valence-corrected chi connectivity index (χ4v) is 10.4. The van der Waals surface area contributed by atoms with Crippen molar-refractivity contribution >= 4 is 21.8 Å². The summed E-state index contributed by atoms with van der Waals surface area (Å²) in [5.74, 6) is 2.71. The zero-order valence-electron chi connectivity index (χ0n) is 38.3. The Morgan fingerprint density at radius 1 is 0.324 bits per heavy atom. The van der Waals surface area contributed by atoms with E-state index in [0.717, 1.165) is 66.3 Å². The first-order chi connectivity index (χ1) is 35.2. The molecule has 0 unspecified atom stereocenters. The lowest BCUT2D eigenvalue weighted by Gasteiger charge is -2.37. The van der Waals surface area contributed by atoms with Crippen molar-refractivity contribution in [3.05, 3.63) is 306 Å². The largest absolute Gasteiger partial charge is 0.439 e. The Labute approximate surface area is 410 Å². The van der Waals surface area contributed by atoms with Crippen molar-refractivity contribution in [3.63, 3.8) is 0 Å². The van der Waals surface area contributed by atoms with E-state index in [1.807, 2.05) is 60.7 Å². The van der Waals surface area contributed by atoms with E-state index in [2.05, 4.69) is 217 Å². The SMILES string of the molecule is c1ccc(C(c2ccccc2)(c2cccc(Oc3ccccn3)c2)c2ccc3c4ccc(C(c5ccccc5)(c5ccccc5)c5cccc(Oc6ccccn6)c5)cc4n(-c4nncnn4)c3c2)cc1. The Morgan fingerprint density at radius 3 is 1.07 bits per heavy atom. The average Bonchev–Trinajstić information content (AvgIpc) is 3.77. The number of hydrogen-bond acceptors (Lipinski definition) is 8. The summed E-state index contributed by atoms with van der Waals surface area (Å²) in [6, 6.07) is 84.0. The average molecular weight is 918 g/mol. The Hall–Kier alpha value is -9.60. The molecule has 0 amide bonds. The van der Waals surface area contributed by atoms with E-state index in [1.165, 1.54) is 6.33 Å². The zero-order chi connectivity index (χ0) is 47.5. The summed E-state index contributed by atoms with van der Waals surface area (Å²) in [5, 5.41) is 19.9. The summed E-state index contributed by atoms with van der Waals surface area (Å²) in [5.41, 5.74) is 8.48. The molecule has 12 rings (SSSR count). The molecule has 71 heavy (non-hydrogen) atoms. The molecule has 0 atom stereocenters. The molecule has 0 spiro atoms. The second-order valence-electron chi connectivity index (χ2n) is 17.2. The van der Waals surface area contributed by atoms with Crippen molar-refractivity contribution in [3.8, 4) is 29.2 Å². The third kappa shape index (κ3) is 7.62. The van der Waals surface area contributed by atoms with Crippen molar-refractivity contribution in [2.24, 2.45) is 0 Å². The molecule has 0 radical (unpaired) electrons. The van der Waals surface area contributed by atoms with Gasteiger partial charge in [0.2, 0.25) is 11.8 Å². The van der Waals surface area contributed by atoms with E-state index >= 15 is 0 Å². The van der Waals surface area contributed by atoms with Gasteiger partial charge in [0, 0.05) is 35.3 Å². The predicted octanol–water partition coefficient (Wildman–Crippen LogP) is 13.5. The second-order valence-corrected chi connectivity index (χ2v) is 17.2. The monoisotopic (exact) mass is 917 g/mol. The number of hydrogen-bond donors (Lipinski definition) is 0. The van der Waals surface area contributed by atoms with Crippen molar-refractivity contribution in [1.82, 2.24) is 34.9 Å². The van der Waals surface area contributed by atoms with Crippen LogP contribution in [-0.4, -0.2) is 34.9 Å². The van der Waals surface area contributed by atoms with Crippen LogP contribution in [0.5, 0.6) is 23.3 Å². The minimum absolute atomic E-state index is 0.341. The maximum Gasteiger partial charge on any atom is 0.273 e. The number of pyridine rings is 2. The highest BCUT2D eigenvalue weighted by molar-refractivity contribution is 6.09. The topological polar surface area (TPSA) is 101 Å². The molecule has 0 aliphatic carbocycles. The minimum Gasteiger partial charge on any atom is -0.439 e. The van der Waals surface area contributed by atoms with E-state index < -0.39 is 10.8 Å². The molecular weight excluding hydrogens is 875 g/mol. The lowest BCUT2D eigenvalue weighted by Crippen LogP contribution is -2.31. The number of rotatable bonds is 13. The van der Waals surface area contributed by atoms with Crippen LogP contribution in [0.4, 0.5) is 0 Å². The first kappa shape index (κ1) is 42.7. The lowest BCUT2D eigenvalue weighted by atomic mass is 9.65. The maximum atomic E-state index is 6.42. The molecule has 12 aromatic rings. The van der Waals surface area contributed by atoms with Gasteiger partial charge in [-0.2, -0.15) is 0 Å². The first-order valence-corrected chi connectivity index (χ1v) is 23.4. The summed E-state index contributed by atoms with van der Waals surface area (Å²) in [6.45, 7) is 0.